The van der Waals surface area contributed by atoms with Gasteiger partial charge in [-0.25, -0.2) is 18.6 Å². The highest BCUT2D eigenvalue weighted by Crippen LogP contribution is 2.38. The van der Waals surface area contributed by atoms with E-state index in [9.17, 15) is 31.5 Å². The zero-order valence-electron chi connectivity index (χ0n) is 21.8. The molecule has 40 heavy (non-hydrogen) atoms. The Bertz CT molecular complexity index is 1380. The maximum Gasteiger partial charge on any atom is 0.410 e. The molecule has 5 rings (SSSR count). The normalized spacial score (nSPS) is 19.4. The maximum atomic E-state index is 13.8. The Balaban J connectivity index is 1.38. The van der Waals surface area contributed by atoms with Crippen molar-refractivity contribution in [3.05, 3.63) is 98.7 Å². The molecule has 1 aliphatic heterocycles. The number of hydrogen-bond donors (Lipinski definition) is 0. The van der Waals surface area contributed by atoms with Gasteiger partial charge < -0.3 is 9.64 Å². The number of benzene rings is 2. The van der Waals surface area contributed by atoms with Crippen molar-refractivity contribution in [2.45, 2.75) is 63.9 Å². The van der Waals surface area contributed by atoms with Gasteiger partial charge in [0.1, 0.15) is 23.6 Å². The van der Waals surface area contributed by atoms with Crippen molar-refractivity contribution in [2.75, 3.05) is 6.54 Å². The summed E-state index contributed by atoms with van der Waals surface area (Å²) in [6.07, 6.45) is -5.11. The number of rotatable bonds is 4. The van der Waals surface area contributed by atoms with Crippen molar-refractivity contribution < 1.29 is 31.5 Å². The lowest BCUT2D eigenvalue weighted by Crippen LogP contribution is -2.43. The number of fused-ring (bicyclic) bond motifs is 1. The first-order valence-corrected chi connectivity index (χ1v) is 13.2. The molecule has 1 fully saturated rings. The molecule has 1 saturated carbocycles. The van der Waals surface area contributed by atoms with Crippen LogP contribution in [0.5, 0.6) is 0 Å². The van der Waals surface area contributed by atoms with Gasteiger partial charge in [-0.05, 0) is 74.4 Å². The highest BCUT2D eigenvalue weighted by molar-refractivity contribution is 5.68. The van der Waals surface area contributed by atoms with Crippen molar-refractivity contribution in [1.29, 1.82) is 0 Å². The van der Waals surface area contributed by atoms with E-state index in [-0.39, 0.29) is 50.8 Å². The second-order valence-corrected chi connectivity index (χ2v) is 10.3. The van der Waals surface area contributed by atoms with E-state index in [1.54, 1.807) is 31.2 Å². The minimum atomic E-state index is -4.24. The van der Waals surface area contributed by atoms with Crippen molar-refractivity contribution in [3.8, 4) is 0 Å². The zero-order chi connectivity index (χ0) is 28.6. The van der Waals surface area contributed by atoms with E-state index in [1.165, 1.54) is 33.7 Å². The Morgan fingerprint density at radius 1 is 0.950 bits per heavy atom. The molecule has 2 aromatic carbocycles. The topological polar surface area (TPSA) is 64.4 Å². The summed E-state index contributed by atoms with van der Waals surface area (Å²) in [7, 11) is 0. The van der Waals surface area contributed by atoms with Crippen LogP contribution >= 0.6 is 0 Å². The molecule has 1 aromatic heterocycles. The quantitative estimate of drug-likeness (QED) is 0.362. The number of amides is 1. The SMILES string of the molecule is Cc1nc2c(c(=O)n1C(c1ccc(F)cc1)c1ccc(F)cc1)CCN(C(=O)O[C@H]1CC[C@H](C(F)(F)F)CC1)C2. The third-order valence-electron chi connectivity index (χ3n) is 7.74. The predicted octanol–water partition coefficient (Wildman–Crippen LogP) is 6.08. The second-order valence-electron chi connectivity index (χ2n) is 10.3. The van der Waals surface area contributed by atoms with Gasteiger partial charge in [-0.2, -0.15) is 13.2 Å². The Morgan fingerprint density at radius 2 is 1.50 bits per heavy atom. The molecule has 0 N–H and O–H groups in total. The first kappa shape index (κ1) is 27.8. The van der Waals surface area contributed by atoms with Gasteiger partial charge in [0.15, 0.2) is 0 Å². The molecule has 0 atom stereocenters. The zero-order valence-corrected chi connectivity index (χ0v) is 21.8. The molecular weight excluding hydrogens is 533 g/mol. The Kier molecular flexibility index (Phi) is 7.65. The molecule has 0 unspecified atom stereocenters. The third kappa shape index (κ3) is 5.73. The summed E-state index contributed by atoms with van der Waals surface area (Å²) >= 11 is 0. The van der Waals surface area contributed by atoms with Crippen LogP contribution in [0.3, 0.4) is 0 Å². The summed E-state index contributed by atoms with van der Waals surface area (Å²) in [6, 6.07) is 10.7. The molecule has 1 amide bonds. The Labute approximate surface area is 227 Å². The van der Waals surface area contributed by atoms with Gasteiger partial charge in [-0.15, -0.1) is 0 Å². The van der Waals surface area contributed by atoms with Crippen molar-refractivity contribution in [2.24, 2.45) is 5.92 Å². The monoisotopic (exact) mass is 561 g/mol. The smallest absolute Gasteiger partial charge is 0.410 e. The fourth-order valence-corrected chi connectivity index (χ4v) is 5.59. The molecule has 3 aromatic rings. The van der Waals surface area contributed by atoms with Gasteiger partial charge in [0.25, 0.3) is 5.56 Å². The Morgan fingerprint density at radius 3 is 2.02 bits per heavy atom. The molecule has 0 spiro atoms. The van der Waals surface area contributed by atoms with Gasteiger partial charge >= 0.3 is 12.3 Å². The first-order chi connectivity index (χ1) is 19.0. The van der Waals surface area contributed by atoms with Gasteiger partial charge in [0.2, 0.25) is 0 Å². The Hall–Kier alpha value is -3.76. The fourth-order valence-electron chi connectivity index (χ4n) is 5.59. The van der Waals surface area contributed by atoms with E-state index in [4.69, 9.17) is 4.74 Å². The lowest BCUT2D eigenvalue weighted by atomic mass is 9.87. The van der Waals surface area contributed by atoms with E-state index >= 15 is 0 Å². The van der Waals surface area contributed by atoms with Crippen molar-refractivity contribution in [1.82, 2.24) is 14.5 Å². The van der Waals surface area contributed by atoms with Crippen LogP contribution in [0.25, 0.3) is 0 Å². The molecule has 0 saturated heterocycles. The lowest BCUT2D eigenvalue weighted by molar-refractivity contribution is -0.186. The predicted molar refractivity (Wildman–Crippen MR) is 136 cm³/mol. The molecule has 6 nitrogen and oxygen atoms in total. The number of carbonyl (C=O) groups excluding carboxylic acids is 1. The van der Waals surface area contributed by atoms with Gasteiger partial charge in [-0.1, -0.05) is 24.3 Å². The number of aryl methyl sites for hydroxylation is 1. The van der Waals surface area contributed by atoms with Crippen LogP contribution in [-0.4, -0.2) is 39.4 Å². The number of ether oxygens (including phenoxy) is 1. The molecule has 2 heterocycles. The van der Waals surface area contributed by atoms with Crippen LogP contribution in [0.4, 0.5) is 26.7 Å². The van der Waals surface area contributed by atoms with Crippen LogP contribution in [0.1, 0.15) is 59.9 Å². The van der Waals surface area contributed by atoms with E-state index in [0.29, 0.717) is 28.2 Å². The van der Waals surface area contributed by atoms with Crippen LogP contribution in [0.15, 0.2) is 53.3 Å². The van der Waals surface area contributed by atoms with Crippen LogP contribution in [0, 0.1) is 24.5 Å². The molecule has 1 aliphatic carbocycles. The average molecular weight is 562 g/mol. The molecular formula is C29H28F5N3O3. The average Bonchev–Trinajstić information content (AvgIpc) is 2.92. The summed E-state index contributed by atoms with van der Waals surface area (Å²) in [5.41, 5.74) is 1.75. The number of halogens is 5. The fraction of sp³-hybridized carbons (Fsp3) is 0.414. The first-order valence-electron chi connectivity index (χ1n) is 13.2. The minimum Gasteiger partial charge on any atom is -0.446 e. The number of alkyl halides is 3. The maximum absolute atomic E-state index is 13.8. The van der Waals surface area contributed by atoms with Crippen LogP contribution < -0.4 is 5.56 Å². The van der Waals surface area contributed by atoms with E-state index in [1.807, 2.05) is 0 Å². The summed E-state index contributed by atoms with van der Waals surface area (Å²) < 4.78 is 73.2. The second kappa shape index (κ2) is 11.0. The summed E-state index contributed by atoms with van der Waals surface area (Å²) in [4.78, 5) is 32.7. The highest BCUT2D eigenvalue weighted by atomic mass is 19.4. The van der Waals surface area contributed by atoms with Crippen LogP contribution in [0.2, 0.25) is 0 Å². The number of nitrogens with zero attached hydrogens (tertiary/aromatic N) is 3. The van der Waals surface area contributed by atoms with Gasteiger partial charge in [0.05, 0.1) is 24.2 Å². The molecule has 11 heteroatoms. The minimum absolute atomic E-state index is 0.0285. The lowest BCUT2D eigenvalue weighted by Gasteiger charge is -2.33. The van der Waals surface area contributed by atoms with Gasteiger partial charge in [0, 0.05) is 12.1 Å². The van der Waals surface area contributed by atoms with E-state index in [0.717, 1.165) is 0 Å². The van der Waals surface area contributed by atoms with E-state index in [2.05, 4.69) is 4.98 Å². The molecule has 212 valence electrons. The summed E-state index contributed by atoms with van der Waals surface area (Å²) in [5.74, 6) is -1.89. The van der Waals surface area contributed by atoms with Crippen molar-refractivity contribution in [3.63, 3.8) is 0 Å². The van der Waals surface area contributed by atoms with Crippen LogP contribution in [-0.2, 0) is 17.7 Å². The summed E-state index contributed by atoms with van der Waals surface area (Å²) in [6.45, 7) is 1.86. The molecule has 0 bridgehead atoms. The highest BCUT2D eigenvalue weighted by Gasteiger charge is 2.42. The molecule has 0 radical (unpaired) electrons. The number of hydrogen-bond acceptors (Lipinski definition) is 4. The molecule has 2 aliphatic rings. The summed E-state index contributed by atoms with van der Waals surface area (Å²) in [5, 5.41) is 0. The largest absolute Gasteiger partial charge is 0.446 e. The standard InChI is InChI=1S/C29H28F5N3O3/c1-17-35-25-16-36(28(39)40-23-12-6-20(7-13-23)29(32,33)34)15-14-24(25)27(38)37(17)26(18-2-8-21(30)9-3-18)19-4-10-22(31)11-5-19/h2-5,8-11,20,23,26H,6-7,12-16H2,1H3/t20-,23-. The number of carbonyl (C=O) groups is 1. The number of aromatic nitrogens is 2. The van der Waals surface area contributed by atoms with Gasteiger partial charge in [-0.3, -0.25) is 9.36 Å². The third-order valence-corrected chi connectivity index (χ3v) is 7.74. The van der Waals surface area contributed by atoms with E-state index < -0.39 is 42.0 Å². The van der Waals surface area contributed by atoms with Crippen molar-refractivity contribution >= 4 is 6.09 Å².